The van der Waals surface area contributed by atoms with Crippen molar-refractivity contribution in [3.63, 3.8) is 0 Å². The molecular formula is C23H18N4. The molecule has 0 bridgehead atoms. The summed E-state index contributed by atoms with van der Waals surface area (Å²) < 4.78 is 0. The van der Waals surface area contributed by atoms with Gasteiger partial charge in [0.15, 0.2) is 0 Å². The summed E-state index contributed by atoms with van der Waals surface area (Å²) in [5.41, 5.74) is 6.78. The van der Waals surface area contributed by atoms with E-state index in [1.807, 2.05) is 19.3 Å². The second-order valence-corrected chi connectivity index (χ2v) is 6.70. The van der Waals surface area contributed by atoms with Gasteiger partial charge in [-0.2, -0.15) is 0 Å². The Balaban J connectivity index is 1.48. The van der Waals surface area contributed by atoms with Crippen LogP contribution in [0.1, 0.15) is 5.82 Å². The van der Waals surface area contributed by atoms with Crippen molar-refractivity contribution in [2.75, 3.05) is 0 Å². The lowest BCUT2D eigenvalue weighted by molar-refractivity contribution is 1.15. The van der Waals surface area contributed by atoms with Crippen LogP contribution < -0.4 is 0 Å². The number of H-pyrrole nitrogens is 2. The summed E-state index contributed by atoms with van der Waals surface area (Å²) in [5.74, 6) is 0.929. The lowest BCUT2D eigenvalue weighted by Crippen LogP contribution is -1.83. The lowest BCUT2D eigenvalue weighted by Gasteiger charge is -2.07. The Hall–Kier alpha value is -3.66. The van der Waals surface area contributed by atoms with E-state index in [0.29, 0.717) is 0 Å². The summed E-state index contributed by atoms with van der Waals surface area (Å²) in [6.07, 6.45) is 5.42. The molecule has 0 fully saturated rings. The quantitative estimate of drug-likeness (QED) is 0.445. The normalized spacial score (nSPS) is 11.1. The van der Waals surface area contributed by atoms with Crippen molar-refractivity contribution in [3.05, 3.63) is 85.2 Å². The molecule has 0 spiro atoms. The van der Waals surface area contributed by atoms with Crippen LogP contribution >= 0.6 is 0 Å². The third-order valence-electron chi connectivity index (χ3n) is 4.88. The molecule has 0 unspecified atom stereocenters. The summed E-state index contributed by atoms with van der Waals surface area (Å²) in [7, 11) is 0. The largest absolute Gasteiger partial charge is 0.345 e. The van der Waals surface area contributed by atoms with Crippen molar-refractivity contribution in [1.82, 2.24) is 19.9 Å². The highest BCUT2D eigenvalue weighted by molar-refractivity contribution is 5.90. The van der Waals surface area contributed by atoms with Crippen LogP contribution in [0.2, 0.25) is 0 Å². The van der Waals surface area contributed by atoms with Crippen molar-refractivity contribution in [2.24, 2.45) is 0 Å². The minimum absolute atomic E-state index is 0.929. The molecule has 0 aliphatic heterocycles. The molecule has 0 saturated heterocycles. The summed E-state index contributed by atoms with van der Waals surface area (Å²) in [5, 5.41) is 2.44. The molecule has 3 aromatic carbocycles. The van der Waals surface area contributed by atoms with Gasteiger partial charge in [0.05, 0.1) is 30.1 Å². The van der Waals surface area contributed by atoms with Crippen LogP contribution in [0, 0.1) is 6.92 Å². The van der Waals surface area contributed by atoms with Crippen LogP contribution in [0.3, 0.4) is 0 Å². The zero-order chi connectivity index (χ0) is 18.2. The van der Waals surface area contributed by atoms with Gasteiger partial charge in [-0.05, 0) is 46.5 Å². The SMILES string of the molecule is Cc1ncc(-c2ccc(-c3ccc4cc(-c5cnc[nH]5)ccc4c3)cc2)[nH]1. The second-order valence-electron chi connectivity index (χ2n) is 6.70. The highest BCUT2D eigenvalue weighted by atomic mass is 14.9. The first-order chi connectivity index (χ1) is 13.3. The average molecular weight is 350 g/mol. The van der Waals surface area contributed by atoms with Gasteiger partial charge in [0, 0.05) is 5.56 Å². The molecular weight excluding hydrogens is 332 g/mol. The number of aromatic nitrogens is 4. The van der Waals surface area contributed by atoms with Crippen molar-refractivity contribution in [2.45, 2.75) is 6.92 Å². The Kier molecular flexibility index (Phi) is 3.61. The molecule has 2 N–H and O–H groups in total. The Labute approximate surface area is 157 Å². The van der Waals surface area contributed by atoms with Gasteiger partial charge in [-0.25, -0.2) is 9.97 Å². The number of nitrogens with one attached hydrogen (secondary N) is 2. The Morgan fingerprint density at radius 2 is 1.33 bits per heavy atom. The van der Waals surface area contributed by atoms with Crippen LogP contribution in [-0.2, 0) is 0 Å². The third kappa shape index (κ3) is 2.91. The van der Waals surface area contributed by atoms with Gasteiger partial charge < -0.3 is 9.97 Å². The monoisotopic (exact) mass is 350 g/mol. The van der Waals surface area contributed by atoms with Gasteiger partial charge in [-0.15, -0.1) is 0 Å². The minimum Gasteiger partial charge on any atom is -0.345 e. The third-order valence-corrected chi connectivity index (χ3v) is 4.88. The Morgan fingerprint density at radius 1 is 0.667 bits per heavy atom. The fourth-order valence-corrected chi connectivity index (χ4v) is 3.42. The first kappa shape index (κ1) is 15.6. The van der Waals surface area contributed by atoms with Gasteiger partial charge >= 0.3 is 0 Å². The van der Waals surface area contributed by atoms with Crippen molar-refractivity contribution < 1.29 is 0 Å². The van der Waals surface area contributed by atoms with E-state index in [4.69, 9.17) is 0 Å². The molecule has 27 heavy (non-hydrogen) atoms. The van der Waals surface area contributed by atoms with Gasteiger partial charge in [-0.1, -0.05) is 48.5 Å². The number of aryl methyl sites for hydroxylation is 1. The van der Waals surface area contributed by atoms with Crippen molar-refractivity contribution in [1.29, 1.82) is 0 Å². The molecule has 5 aromatic rings. The van der Waals surface area contributed by atoms with E-state index in [-0.39, 0.29) is 0 Å². The first-order valence-corrected chi connectivity index (χ1v) is 8.91. The van der Waals surface area contributed by atoms with Gasteiger partial charge in [0.1, 0.15) is 5.82 Å². The molecule has 0 aliphatic carbocycles. The second kappa shape index (κ2) is 6.25. The maximum absolute atomic E-state index is 4.27. The van der Waals surface area contributed by atoms with E-state index in [2.05, 4.69) is 80.6 Å². The number of hydrogen-bond donors (Lipinski definition) is 2. The van der Waals surface area contributed by atoms with Crippen LogP contribution in [0.15, 0.2) is 79.4 Å². The number of nitrogens with zero attached hydrogens (tertiary/aromatic N) is 2. The number of rotatable bonds is 3. The number of hydrogen-bond acceptors (Lipinski definition) is 2. The topological polar surface area (TPSA) is 57.4 Å². The molecule has 0 saturated carbocycles. The number of imidazole rings is 2. The fourth-order valence-electron chi connectivity index (χ4n) is 3.42. The Bertz CT molecular complexity index is 1220. The average Bonchev–Trinajstić information content (AvgIpc) is 3.39. The van der Waals surface area contributed by atoms with Crippen LogP contribution in [0.25, 0.3) is 44.4 Å². The summed E-state index contributed by atoms with van der Waals surface area (Å²) >= 11 is 0. The summed E-state index contributed by atoms with van der Waals surface area (Å²) in [6, 6.07) is 21.7. The zero-order valence-electron chi connectivity index (χ0n) is 14.9. The fraction of sp³-hybridized carbons (Fsp3) is 0.0435. The maximum atomic E-state index is 4.27. The highest BCUT2D eigenvalue weighted by Crippen LogP contribution is 2.29. The number of benzene rings is 3. The summed E-state index contributed by atoms with van der Waals surface area (Å²) in [4.78, 5) is 14.8. The van der Waals surface area contributed by atoms with E-state index < -0.39 is 0 Å². The molecule has 2 heterocycles. The highest BCUT2D eigenvalue weighted by Gasteiger charge is 2.05. The van der Waals surface area contributed by atoms with E-state index >= 15 is 0 Å². The molecule has 0 amide bonds. The smallest absolute Gasteiger partial charge is 0.103 e. The van der Waals surface area contributed by atoms with Crippen LogP contribution in [0.5, 0.6) is 0 Å². The molecule has 4 nitrogen and oxygen atoms in total. The van der Waals surface area contributed by atoms with Crippen LogP contribution in [-0.4, -0.2) is 19.9 Å². The van der Waals surface area contributed by atoms with Crippen LogP contribution in [0.4, 0.5) is 0 Å². The van der Waals surface area contributed by atoms with Crippen molar-refractivity contribution >= 4 is 10.8 Å². The number of aromatic amines is 2. The standard InChI is InChI=1S/C23H18N4/c1-15-25-13-23(27-15)17-4-2-16(3-5-17)18-6-7-20-11-21(9-8-19(20)10-18)22-12-24-14-26-22/h2-14H,1H3,(H,24,26)(H,25,27). The minimum atomic E-state index is 0.929. The van der Waals surface area contributed by atoms with E-state index in [1.54, 1.807) is 6.33 Å². The van der Waals surface area contributed by atoms with Gasteiger partial charge in [0.2, 0.25) is 0 Å². The van der Waals surface area contributed by atoms with E-state index in [1.165, 1.54) is 21.9 Å². The molecule has 130 valence electrons. The first-order valence-electron chi connectivity index (χ1n) is 8.91. The predicted octanol–water partition coefficient (Wildman–Crippen LogP) is 5.60. The molecule has 0 aliphatic rings. The number of fused-ring (bicyclic) bond motifs is 1. The lowest BCUT2D eigenvalue weighted by atomic mass is 9.98. The molecule has 4 heteroatoms. The molecule has 5 rings (SSSR count). The predicted molar refractivity (Wildman–Crippen MR) is 109 cm³/mol. The summed E-state index contributed by atoms with van der Waals surface area (Å²) in [6.45, 7) is 1.96. The van der Waals surface area contributed by atoms with Gasteiger partial charge in [-0.3, -0.25) is 0 Å². The van der Waals surface area contributed by atoms with E-state index in [9.17, 15) is 0 Å². The Morgan fingerprint density at radius 3 is 2.00 bits per heavy atom. The maximum Gasteiger partial charge on any atom is 0.103 e. The molecule has 2 aromatic heterocycles. The van der Waals surface area contributed by atoms with Gasteiger partial charge in [0.25, 0.3) is 0 Å². The van der Waals surface area contributed by atoms with Crippen molar-refractivity contribution in [3.8, 4) is 33.6 Å². The molecule has 0 radical (unpaired) electrons. The molecule has 0 atom stereocenters. The zero-order valence-corrected chi connectivity index (χ0v) is 14.9. The van der Waals surface area contributed by atoms with E-state index in [0.717, 1.165) is 28.3 Å².